The number of hydrogen-bond donors (Lipinski definition) is 0. The number of esters is 3. The first-order valence-electron chi connectivity index (χ1n) is 34.1. The van der Waals surface area contributed by atoms with Gasteiger partial charge in [-0.1, -0.05) is 311 Å². The fourth-order valence-corrected chi connectivity index (χ4v) is 9.80. The van der Waals surface area contributed by atoms with Gasteiger partial charge in [0.25, 0.3) is 0 Å². The molecular weight excluding hydrogens is 973 g/mol. The van der Waals surface area contributed by atoms with Crippen LogP contribution in [0, 0.1) is 0 Å². The van der Waals surface area contributed by atoms with E-state index >= 15 is 0 Å². The Morgan fingerprint density at radius 2 is 0.494 bits per heavy atom. The van der Waals surface area contributed by atoms with Crippen molar-refractivity contribution in [1.29, 1.82) is 0 Å². The Balaban J connectivity index is 4.29. The number of unbranched alkanes of at least 4 members (excludes halogenated alkanes) is 37. The van der Waals surface area contributed by atoms with Crippen molar-refractivity contribution in [3.05, 3.63) is 85.1 Å². The van der Waals surface area contributed by atoms with Crippen molar-refractivity contribution < 1.29 is 28.6 Å². The summed E-state index contributed by atoms with van der Waals surface area (Å²) >= 11 is 0. The fourth-order valence-electron chi connectivity index (χ4n) is 9.80. The number of ether oxygens (including phenoxy) is 3. The van der Waals surface area contributed by atoms with Gasteiger partial charge < -0.3 is 14.2 Å². The van der Waals surface area contributed by atoms with Crippen LogP contribution in [0.15, 0.2) is 85.1 Å². The van der Waals surface area contributed by atoms with E-state index in [0.717, 1.165) is 96.3 Å². The van der Waals surface area contributed by atoms with Gasteiger partial charge in [0.15, 0.2) is 6.10 Å². The first kappa shape index (κ1) is 75.6. The SMILES string of the molecule is CC/C=C\C/C=C\C/C=C\C/C=C\C/C=C\C/C=C\CCCCCCCCCCCCC(=O)OCC(COC(=O)CCCCCCCCCCCCCCCCC)OC(=O)CCCCCCCCC/C=C\CCCCCCCC. The highest BCUT2D eigenvalue weighted by Gasteiger charge is 2.19. The van der Waals surface area contributed by atoms with Crippen molar-refractivity contribution in [3.63, 3.8) is 0 Å². The predicted molar refractivity (Wildman–Crippen MR) is 344 cm³/mol. The molecule has 0 aromatic rings. The second-order valence-electron chi connectivity index (χ2n) is 22.7. The second kappa shape index (κ2) is 67.1. The molecule has 456 valence electrons. The monoisotopic (exact) mass is 1100 g/mol. The molecule has 1 atom stereocenters. The Morgan fingerprint density at radius 3 is 0.785 bits per heavy atom. The average molecular weight is 1100 g/mol. The first-order chi connectivity index (χ1) is 39.0. The molecule has 0 rings (SSSR count). The van der Waals surface area contributed by atoms with Gasteiger partial charge in [-0.05, 0) is 96.3 Å². The van der Waals surface area contributed by atoms with Crippen LogP contribution in [0.5, 0.6) is 0 Å². The van der Waals surface area contributed by atoms with Crippen LogP contribution in [-0.2, 0) is 28.6 Å². The molecule has 0 spiro atoms. The fraction of sp³-hybridized carbons (Fsp3) is 0.767. The Morgan fingerprint density at radius 1 is 0.266 bits per heavy atom. The molecule has 0 heterocycles. The Bertz CT molecular complexity index is 1500. The van der Waals surface area contributed by atoms with Crippen molar-refractivity contribution in [2.45, 2.75) is 348 Å². The van der Waals surface area contributed by atoms with Crippen molar-refractivity contribution in [1.82, 2.24) is 0 Å². The molecule has 6 nitrogen and oxygen atoms in total. The van der Waals surface area contributed by atoms with Gasteiger partial charge in [-0.2, -0.15) is 0 Å². The number of carbonyl (C=O) groups is 3. The molecule has 0 amide bonds. The number of carbonyl (C=O) groups excluding carboxylic acids is 3. The molecule has 0 saturated heterocycles. The standard InChI is InChI=1S/C73H128O6/c1-4-7-10-13-16-19-22-25-28-30-31-32-33-34-35-36-37-38-39-40-41-43-45-48-51-54-57-60-63-66-72(75)78-69-70(68-77-71(74)65-62-59-56-53-50-47-44-27-24-21-18-15-12-9-6-3)79-73(76)67-64-61-58-55-52-49-46-42-29-26-23-20-17-14-11-8-5-2/h7,10,16,19,25-26,28-29,31-32,34-35,37-38,70H,4-6,8-9,11-15,17-18,20-24,27,30,33,36,39-69H2,1-3H3/b10-7-,19-16-,28-25-,29-26-,32-31-,35-34-,38-37-. The van der Waals surface area contributed by atoms with Crippen LogP contribution in [0.4, 0.5) is 0 Å². The Hall–Kier alpha value is -3.41. The van der Waals surface area contributed by atoms with Crippen molar-refractivity contribution in [2.75, 3.05) is 13.2 Å². The van der Waals surface area contributed by atoms with Gasteiger partial charge >= 0.3 is 17.9 Å². The van der Waals surface area contributed by atoms with Gasteiger partial charge in [0.2, 0.25) is 0 Å². The van der Waals surface area contributed by atoms with Crippen LogP contribution in [-0.4, -0.2) is 37.2 Å². The summed E-state index contributed by atoms with van der Waals surface area (Å²) < 4.78 is 17.0. The maximum atomic E-state index is 12.9. The van der Waals surface area contributed by atoms with E-state index in [9.17, 15) is 14.4 Å². The topological polar surface area (TPSA) is 78.9 Å². The van der Waals surface area contributed by atoms with Gasteiger partial charge in [0.05, 0.1) is 0 Å². The number of allylic oxidation sites excluding steroid dienone is 14. The first-order valence-corrected chi connectivity index (χ1v) is 34.1. The van der Waals surface area contributed by atoms with Crippen molar-refractivity contribution in [2.24, 2.45) is 0 Å². The summed E-state index contributed by atoms with van der Waals surface area (Å²) in [6.45, 7) is 6.56. The summed E-state index contributed by atoms with van der Waals surface area (Å²) in [7, 11) is 0. The molecular formula is C73H128O6. The van der Waals surface area contributed by atoms with Crippen LogP contribution < -0.4 is 0 Å². The summed E-state index contributed by atoms with van der Waals surface area (Å²) in [6, 6.07) is 0. The highest BCUT2D eigenvalue weighted by Crippen LogP contribution is 2.17. The zero-order valence-electron chi connectivity index (χ0n) is 52.4. The van der Waals surface area contributed by atoms with E-state index in [2.05, 4.69) is 106 Å². The smallest absolute Gasteiger partial charge is 0.306 e. The van der Waals surface area contributed by atoms with Crippen molar-refractivity contribution >= 4 is 17.9 Å². The van der Waals surface area contributed by atoms with Crippen LogP contribution in [0.3, 0.4) is 0 Å². The molecule has 6 heteroatoms. The molecule has 0 saturated carbocycles. The van der Waals surface area contributed by atoms with E-state index in [-0.39, 0.29) is 31.1 Å². The summed E-state index contributed by atoms with van der Waals surface area (Å²) in [4.78, 5) is 38.4. The van der Waals surface area contributed by atoms with Gasteiger partial charge in [0.1, 0.15) is 13.2 Å². The lowest BCUT2D eigenvalue weighted by atomic mass is 10.0. The molecule has 0 aliphatic carbocycles. The normalized spacial score (nSPS) is 12.6. The lowest BCUT2D eigenvalue weighted by Gasteiger charge is -2.18. The van der Waals surface area contributed by atoms with Crippen LogP contribution >= 0.6 is 0 Å². The average Bonchev–Trinajstić information content (AvgIpc) is 3.45. The molecule has 0 N–H and O–H groups in total. The van der Waals surface area contributed by atoms with Gasteiger partial charge in [0, 0.05) is 19.3 Å². The Kier molecular flexibility index (Phi) is 64.2. The molecule has 0 aliphatic rings. The van der Waals surface area contributed by atoms with E-state index in [0.29, 0.717) is 19.3 Å². The third-order valence-corrected chi connectivity index (χ3v) is 14.9. The number of rotatable bonds is 62. The second-order valence-corrected chi connectivity index (χ2v) is 22.7. The third kappa shape index (κ3) is 65.3. The quantitative estimate of drug-likeness (QED) is 0.0261. The zero-order chi connectivity index (χ0) is 57.1. The highest BCUT2D eigenvalue weighted by molar-refractivity contribution is 5.71. The summed E-state index contributed by atoms with van der Waals surface area (Å²) in [5, 5.41) is 0. The Labute approximate surface area is 490 Å². The lowest BCUT2D eigenvalue weighted by molar-refractivity contribution is -0.167. The number of hydrogen-bond acceptors (Lipinski definition) is 6. The third-order valence-electron chi connectivity index (χ3n) is 14.9. The maximum Gasteiger partial charge on any atom is 0.306 e. The van der Waals surface area contributed by atoms with Crippen LogP contribution in [0.1, 0.15) is 342 Å². The van der Waals surface area contributed by atoms with Crippen LogP contribution in [0.2, 0.25) is 0 Å². The molecule has 0 bridgehead atoms. The van der Waals surface area contributed by atoms with Crippen LogP contribution in [0.25, 0.3) is 0 Å². The summed E-state index contributed by atoms with van der Waals surface area (Å²) in [5.41, 5.74) is 0. The molecule has 0 fully saturated rings. The summed E-state index contributed by atoms with van der Waals surface area (Å²) in [6.07, 6.45) is 88.8. The van der Waals surface area contributed by atoms with E-state index < -0.39 is 6.10 Å². The molecule has 79 heavy (non-hydrogen) atoms. The predicted octanol–water partition coefficient (Wildman–Crippen LogP) is 23.4. The highest BCUT2D eigenvalue weighted by atomic mass is 16.6. The van der Waals surface area contributed by atoms with Gasteiger partial charge in [-0.3, -0.25) is 14.4 Å². The molecule has 1 unspecified atom stereocenters. The minimum atomic E-state index is -0.780. The minimum absolute atomic E-state index is 0.0751. The summed E-state index contributed by atoms with van der Waals surface area (Å²) in [5.74, 6) is -0.866. The van der Waals surface area contributed by atoms with E-state index in [1.165, 1.54) is 205 Å². The molecule has 0 aromatic heterocycles. The minimum Gasteiger partial charge on any atom is -0.462 e. The van der Waals surface area contributed by atoms with Crippen molar-refractivity contribution in [3.8, 4) is 0 Å². The van der Waals surface area contributed by atoms with E-state index in [1.54, 1.807) is 0 Å². The maximum absolute atomic E-state index is 12.9. The van der Waals surface area contributed by atoms with E-state index in [1.807, 2.05) is 0 Å². The lowest BCUT2D eigenvalue weighted by Crippen LogP contribution is -2.30. The zero-order valence-corrected chi connectivity index (χ0v) is 52.4. The molecule has 0 aliphatic heterocycles. The largest absolute Gasteiger partial charge is 0.462 e. The molecule has 0 radical (unpaired) electrons. The van der Waals surface area contributed by atoms with E-state index in [4.69, 9.17) is 14.2 Å². The van der Waals surface area contributed by atoms with Gasteiger partial charge in [-0.25, -0.2) is 0 Å². The van der Waals surface area contributed by atoms with Gasteiger partial charge in [-0.15, -0.1) is 0 Å². The molecule has 0 aromatic carbocycles.